The van der Waals surface area contributed by atoms with Gasteiger partial charge < -0.3 is 0 Å². The van der Waals surface area contributed by atoms with Crippen LogP contribution in [0.15, 0.2) is 30.3 Å². The Balaban J connectivity index is 0.000000255. The number of carbonyl (C=O) groups is 1. The van der Waals surface area contributed by atoms with Crippen LogP contribution in [0.1, 0.15) is 44.0 Å². The predicted molar refractivity (Wildman–Crippen MR) is 61.6 cm³/mol. The Morgan fingerprint density at radius 2 is 1.64 bits per heavy atom. The minimum Gasteiger partial charge on any atom is -0.298 e. The highest BCUT2D eigenvalue weighted by Gasteiger charge is 1.88. The number of aldehydes is 1. The molecule has 0 saturated heterocycles. The number of carbonyl (C=O) groups excluding carboxylic acids is 1. The van der Waals surface area contributed by atoms with E-state index in [1.165, 1.54) is 12.8 Å². The monoisotopic (exact) mass is 192 g/mol. The van der Waals surface area contributed by atoms with Crippen LogP contribution in [0, 0.1) is 5.92 Å². The van der Waals surface area contributed by atoms with Crippen molar-refractivity contribution in [3.8, 4) is 0 Å². The van der Waals surface area contributed by atoms with Crippen LogP contribution < -0.4 is 0 Å². The molecule has 78 valence electrons. The Morgan fingerprint density at radius 3 is 1.86 bits per heavy atom. The van der Waals surface area contributed by atoms with Crippen LogP contribution in [0.25, 0.3) is 0 Å². The zero-order chi connectivity index (χ0) is 10.8. The van der Waals surface area contributed by atoms with Crippen LogP contribution in [-0.4, -0.2) is 6.29 Å². The zero-order valence-corrected chi connectivity index (χ0v) is 9.36. The normalized spacial score (nSPS) is 9.14. The summed E-state index contributed by atoms with van der Waals surface area (Å²) in [6.45, 7) is 6.74. The standard InChI is InChI=1S/C7H6O.C6H14/c8-6-7-4-2-1-3-5-7;1-4-6(3)5-2/h1-6H;6H,4-5H2,1-3H3. The lowest BCUT2D eigenvalue weighted by Crippen LogP contribution is -1.85. The van der Waals surface area contributed by atoms with Gasteiger partial charge in [0.25, 0.3) is 0 Å². The first-order valence-electron chi connectivity index (χ1n) is 5.24. The minimum absolute atomic E-state index is 0.729. The van der Waals surface area contributed by atoms with Gasteiger partial charge in [0.1, 0.15) is 6.29 Å². The van der Waals surface area contributed by atoms with Gasteiger partial charge in [-0.15, -0.1) is 0 Å². The summed E-state index contributed by atoms with van der Waals surface area (Å²) >= 11 is 0. The summed E-state index contributed by atoms with van der Waals surface area (Å²) in [5.74, 6) is 0.935. The van der Waals surface area contributed by atoms with Crippen LogP contribution in [0.3, 0.4) is 0 Å². The lowest BCUT2D eigenvalue weighted by atomic mass is 10.1. The van der Waals surface area contributed by atoms with Crippen LogP contribution in [0.5, 0.6) is 0 Å². The highest BCUT2D eigenvalue weighted by molar-refractivity contribution is 5.74. The number of rotatable bonds is 3. The topological polar surface area (TPSA) is 17.1 Å². The van der Waals surface area contributed by atoms with Crippen molar-refractivity contribution in [2.75, 3.05) is 0 Å². The summed E-state index contributed by atoms with van der Waals surface area (Å²) in [5.41, 5.74) is 0.729. The molecule has 1 nitrogen and oxygen atoms in total. The van der Waals surface area contributed by atoms with E-state index in [1.54, 1.807) is 12.1 Å². The van der Waals surface area contributed by atoms with Crippen LogP contribution in [0.4, 0.5) is 0 Å². The summed E-state index contributed by atoms with van der Waals surface area (Å²) in [6.07, 6.45) is 3.49. The quantitative estimate of drug-likeness (QED) is 0.663. The van der Waals surface area contributed by atoms with Gasteiger partial charge in [0.2, 0.25) is 0 Å². The Kier molecular flexibility index (Phi) is 7.81. The third-order valence-corrected chi connectivity index (χ3v) is 2.33. The molecule has 1 heteroatoms. The average Bonchev–Trinajstić information content (AvgIpc) is 2.30. The van der Waals surface area contributed by atoms with E-state index in [2.05, 4.69) is 20.8 Å². The molecular weight excluding hydrogens is 172 g/mol. The molecule has 0 aromatic heterocycles. The number of hydrogen-bond acceptors (Lipinski definition) is 1. The highest BCUT2D eigenvalue weighted by Crippen LogP contribution is 2.02. The molecule has 0 aliphatic rings. The molecule has 0 N–H and O–H groups in total. The summed E-state index contributed by atoms with van der Waals surface area (Å²) in [5, 5.41) is 0. The second-order valence-electron chi connectivity index (χ2n) is 3.45. The van der Waals surface area contributed by atoms with Crippen LogP contribution >= 0.6 is 0 Å². The van der Waals surface area contributed by atoms with Gasteiger partial charge in [-0.3, -0.25) is 4.79 Å². The molecule has 0 unspecified atom stereocenters. The lowest BCUT2D eigenvalue weighted by Gasteiger charge is -1.98. The third kappa shape index (κ3) is 6.41. The van der Waals surface area contributed by atoms with E-state index < -0.39 is 0 Å². The van der Waals surface area contributed by atoms with E-state index >= 15 is 0 Å². The SMILES string of the molecule is CCC(C)CC.O=Cc1ccccc1. The molecule has 0 fully saturated rings. The maximum atomic E-state index is 10.0. The van der Waals surface area contributed by atoms with Crippen molar-refractivity contribution in [3.63, 3.8) is 0 Å². The molecule has 14 heavy (non-hydrogen) atoms. The van der Waals surface area contributed by atoms with Gasteiger partial charge in [-0.2, -0.15) is 0 Å². The van der Waals surface area contributed by atoms with Gasteiger partial charge >= 0.3 is 0 Å². The second kappa shape index (κ2) is 8.49. The first-order chi connectivity index (χ1) is 6.74. The summed E-state index contributed by atoms with van der Waals surface area (Å²) in [7, 11) is 0. The van der Waals surface area contributed by atoms with E-state index in [0.717, 1.165) is 17.8 Å². The molecule has 0 aliphatic carbocycles. The predicted octanol–water partition coefficient (Wildman–Crippen LogP) is 3.94. The molecule has 0 atom stereocenters. The van der Waals surface area contributed by atoms with Crippen molar-refractivity contribution >= 4 is 6.29 Å². The Labute approximate surface area is 87.2 Å². The molecule has 0 heterocycles. The summed E-state index contributed by atoms with van der Waals surface area (Å²) in [6, 6.07) is 9.10. The van der Waals surface area contributed by atoms with Gasteiger partial charge in [-0.1, -0.05) is 63.9 Å². The fourth-order valence-electron chi connectivity index (χ4n) is 0.820. The van der Waals surface area contributed by atoms with Crippen molar-refractivity contribution in [2.24, 2.45) is 5.92 Å². The average molecular weight is 192 g/mol. The molecule has 1 aromatic rings. The van der Waals surface area contributed by atoms with Crippen molar-refractivity contribution in [2.45, 2.75) is 33.6 Å². The van der Waals surface area contributed by atoms with Gasteiger partial charge in [-0.05, 0) is 5.92 Å². The van der Waals surface area contributed by atoms with E-state index in [9.17, 15) is 4.79 Å². The zero-order valence-electron chi connectivity index (χ0n) is 9.36. The summed E-state index contributed by atoms with van der Waals surface area (Å²) in [4.78, 5) is 10.0. The lowest BCUT2D eigenvalue weighted by molar-refractivity contribution is 0.112. The fourth-order valence-corrected chi connectivity index (χ4v) is 0.820. The smallest absolute Gasteiger partial charge is 0.150 e. The van der Waals surface area contributed by atoms with Gasteiger partial charge in [0.15, 0.2) is 0 Å². The molecule has 0 aliphatic heterocycles. The third-order valence-electron chi connectivity index (χ3n) is 2.33. The molecule has 0 radical (unpaired) electrons. The highest BCUT2D eigenvalue weighted by atomic mass is 16.1. The van der Waals surface area contributed by atoms with E-state index in [1.807, 2.05) is 18.2 Å². The molecule has 0 amide bonds. The molecule has 1 aromatic carbocycles. The van der Waals surface area contributed by atoms with E-state index in [0.29, 0.717) is 0 Å². The molecule has 0 saturated carbocycles. The Hall–Kier alpha value is -1.11. The second-order valence-corrected chi connectivity index (χ2v) is 3.45. The van der Waals surface area contributed by atoms with E-state index in [4.69, 9.17) is 0 Å². The minimum atomic E-state index is 0.729. The van der Waals surface area contributed by atoms with Crippen LogP contribution in [-0.2, 0) is 0 Å². The van der Waals surface area contributed by atoms with Crippen LogP contribution in [0.2, 0.25) is 0 Å². The van der Waals surface area contributed by atoms with Crippen molar-refractivity contribution in [1.29, 1.82) is 0 Å². The van der Waals surface area contributed by atoms with E-state index in [-0.39, 0.29) is 0 Å². The van der Waals surface area contributed by atoms with Crippen molar-refractivity contribution in [1.82, 2.24) is 0 Å². The van der Waals surface area contributed by atoms with Gasteiger partial charge in [-0.25, -0.2) is 0 Å². The van der Waals surface area contributed by atoms with Gasteiger partial charge in [0, 0.05) is 5.56 Å². The van der Waals surface area contributed by atoms with Gasteiger partial charge in [0.05, 0.1) is 0 Å². The molecular formula is C13H20O. The Morgan fingerprint density at radius 1 is 1.14 bits per heavy atom. The Bertz CT molecular complexity index is 224. The van der Waals surface area contributed by atoms with Crippen molar-refractivity contribution < 1.29 is 4.79 Å². The first-order valence-corrected chi connectivity index (χ1v) is 5.24. The molecule has 0 spiro atoms. The van der Waals surface area contributed by atoms with Crippen molar-refractivity contribution in [3.05, 3.63) is 35.9 Å². The molecule has 1 rings (SSSR count). The number of hydrogen-bond donors (Lipinski definition) is 0. The number of benzene rings is 1. The fraction of sp³-hybridized carbons (Fsp3) is 0.462. The maximum absolute atomic E-state index is 10.0. The summed E-state index contributed by atoms with van der Waals surface area (Å²) < 4.78 is 0. The first kappa shape index (κ1) is 12.9. The molecule has 0 bridgehead atoms. The largest absolute Gasteiger partial charge is 0.298 e. The maximum Gasteiger partial charge on any atom is 0.150 e.